The van der Waals surface area contributed by atoms with Gasteiger partial charge in [0.1, 0.15) is 6.54 Å². The molecule has 0 saturated carbocycles. The van der Waals surface area contributed by atoms with Gasteiger partial charge in [-0.25, -0.2) is 4.98 Å². The standard InChI is InChI=1S/C20H24F3N3O2/c1-4-14-7-5-6-8-25(14)17(27)11-26-16-10-13(3)12(2)9-15(16)24-18(19(26)28)20(21,22)23/h9-10,14H,4-8,11H2,1-3H3/t14-/m1/s1. The van der Waals surface area contributed by atoms with E-state index in [4.69, 9.17) is 0 Å². The van der Waals surface area contributed by atoms with Gasteiger partial charge >= 0.3 is 6.18 Å². The van der Waals surface area contributed by atoms with Gasteiger partial charge in [0.15, 0.2) is 0 Å². The van der Waals surface area contributed by atoms with Crippen LogP contribution in [0.25, 0.3) is 11.0 Å². The molecule has 5 nitrogen and oxygen atoms in total. The molecule has 1 aromatic carbocycles. The maximum absolute atomic E-state index is 13.4. The highest BCUT2D eigenvalue weighted by Gasteiger charge is 2.38. The monoisotopic (exact) mass is 395 g/mol. The lowest BCUT2D eigenvalue weighted by Gasteiger charge is -2.35. The van der Waals surface area contributed by atoms with Crippen LogP contribution in [0.15, 0.2) is 16.9 Å². The van der Waals surface area contributed by atoms with E-state index in [0.717, 1.165) is 41.4 Å². The molecular formula is C20H24F3N3O2. The number of aryl methyl sites for hydroxylation is 2. The van der Waals surface area contributed by atoms with E-state index in [1.807, 2.05) is 6.92 Å². The fourth-order valence-corrected chi connectivity index (χ4v) is 3.82. The first kappa shape index (κ1) is 20.4. The Kier molecular flexibility index (Phi) is 5.50. The van der Waals surface area contributed by atoms with Crippen molar-refractivity contribution in [3.63, 3.8) is 0 Å². The van der Waals surface area contributed by atoms with Crippen LogP contribution in [0.5, 0.6) is 0 Å². The van der Waals surface area contributed by atoms with Crippen molar-refractivity contribution in [1.29, 1.82) is 0 Å². The van der Waals surface area contributed by atoms with Crippen molar-refractivity contribution in [2.24, 2.45) is 0 Å². The minimum atomic E-state index is -4.88. The summed E-state index contributed by atoms with van der Waals surface area (Å²) < 4.78 is 41.1. The maximum Gasteiger partial charge on any atom is 0.438 e. The van der Waals surface area contributed by atoms with Gasteiger partial charge in [0.05, 0.1) is 11.0 Å². The average molecular weight is 395 g/mol. The van der Waals surface area contributed by atoms with Crippen LogP contribution >= 0.6 is 0 Å². The zero-order valence-electron chi connectivity index (χ0n) is 16.3. The highest BCUT2D eigenvalue weighted by Crippen LogP contribution is 2.27. The van der Waals surface area contributed by atoms with Crippen molar-refractivity contribution in [2.45, 2.75) is 65.2 Å². The maximum atomic E-state index is 13.4. The predicted molar refractivity (Wildman–Crippen MR) is 100 cm³/mol. The molecule has 0 unspecified atom stereocenters. The molecule has 0 radical (unpaired) electrons. The van der Waals surface area contributed by atoms with Gasteiger partial charge in [0.25, 0.3) is 5.56 Å². The molecule has 0 spiro atoms. The zero-order chi connectivity index (χ0) is 20.6. The second-order valence-corrected chi connectivity index (χ2v) is 7.42. The molecule has 1 aromatic heterocycles. The second-order valence-electron chi connectivity index (χ2n) is 7.42. The van der Waals surface area contributed by atoms with Gasteiger partial charge in [-0.3, -0.25) is 14.2 Å². The number of likely N-dealkylation sites (tertiary alicyclic amines) is 1. The SMILES string of the molecule is CC[C@@H]1CCCCN1C(=O)Cn1c(=O)c(C(F)(F)F)nc2cc(C)c(C)cc21. The number of halogens is 3. The lowest BCUT2D eigenvalue weighted by molar-refractivity contribution is -0.143. The van der Waals surface area contributed by atoms with Gasteiger partial charge in [-0.05, 0) is 62.8 Å². The first-order chi connectivity index (χ1) is 13.1. The third kappa shape index (κ3) is 3.77. The smallest absolute Gasteiger partial charge is 0.338 e. The lowest BCUT2D eigenvalue weighted by Crippen LogP contribution is -2.46. The summed E-state index contributed by atoms with van der Waals surface area (Å²) in [7, 11) is 0. The molecule has 28 heavy (non-hydrogen) atoms. The Labute approximate surface area is 161 Å². The van der Waals surface area contributed by atoms with Gasteiger partial charge < -0.3 is 4.90 Å². The topological polar surface area (TPSA) is 55.2 Å². The van der Waals surface area contributed by atoms with E-state index in [0.29, 0.717) is 6.54 Å². The number of carbonyl (C=O) groups is 1. The predicted octanol–water partition coefficient (Wildman–Crippen LogP) is 3.82. The Hall–Kier alpha value is -2.38. The van der Waals surface area contributed by atoms with E-state index < -0.39 is 24.0 Å². The molecule has 3 rings (SSSR count). The second kappa shape index (κ2) is 7.56. The van der Waals surface area contributed by atoms with Crippen LogP contribution in [0.1, 0.15) is 49.4 Å². The minimum Gasteiger partial charge on any atom is -0.338 e. The summed E-state index contributed by atoms with van der Waals surface area (Å²) in [6.45, 7) is 5.71. The van der Waals surface area contributed by atoms with E-state index in [1.54, 1.807) is 24.8 Å². The van der Waals surface area contributed by atoms with Gasteiger partial charge in [-0.2, -0.15) is 13.2 Å². The largest absolute Gasteiger partial charge is 0.438 e. The van der Waals surface area contributed by atoms with Crippen LogP contribution < -0.4 is 5.56 Å². The number of amides is 1. The molecule has 2 aromatic rings. The molecular weight excluding hydrogens is 371 g/mol. The third-order valence-corrected chi connectivity index (χ3v) is 5.54. The lowest BCUT2D eigenvalue weighted by atomic mass is 10.00. The summed E-state index contributed by atoms with van der Waals surface area (Å²) >= 11 is 0. The number of nitrogens with zero attached hydrogens (tertiary/aromatic N) is 3. The van der Waals surface area contributed by atoms with E-state index in [2.05, 4.69) is 4.98 Å². The normalized spacial score (nSPS) is 17.9. The van der Waals surface area contributed by atoms with Crippen molar-refractivity contribution in [3.8, 4) is 0 Å². The number of carbonyl (C=O) groups excluding carboxylic acids is 1. The molecule has 2 heterocycles. The van der Waals surface area contributed by atoms with Crippen LogP contribution in [0, 0.1) is 13.8 Å². The fourth-order valence-electron chi connectivity index (χ4n) is 3.82. The summed E-state index contributed by atoms with van der Waals surface area (Å²) in [6.07, 6.45) is -1.34. The zero-order valence-corrected chi connectivity index (χ0v) is 16.3. The van der Waals surface area contributed by atoms with Crippen molar-refractivity contribution >= 4 is 16.9 Å². The Balaban J connectivity index is 2.13. The Morgan fingerprint density at radius 3 is 2.54 bits per heavy atom. The number of hydrogen-bond donors (Lipinski definition) is 0. The van der Waals surface area contributed by atoms with Crippen LogP contribution in [-0.2, 0) is 17.5 Å². The first-order valence-electron chi connectivity index (χ1n) is 9.52. The molecule has 1 atom stereocenters. The quantitative estimate of drug-likeness (QED) is 0.794. The molecule has 0 N–H and O–H groups in total. The molecule has 8 heteroatoms. The number of rotatable bonds is 3. The Bertz CT molecular complexity index is 966. The van der Waals surface area contributed by atoms with Crippen molar-refractivity contribution in [1.82, 2.24) is 14.5 Å². The number of hydrogen-bond acceptors (Lipinski definition) is 3. The summed E-state index contributed by atoms with van der Waals surface area (Å²) in [5.41, 5.74) is -0.859. The van der Waals surface area contributed by atoms with Crippen LogP contribution in [0.3, 0.4) is 0 Å². The molecule has 152 valence electrons. The molecule has 1 aliphatic heterocycles. The fraction of sp³-hybridized carbons (Fsp3) is 0.550. The highest BCUT2D eigenvalue weighted by atomic mass is 19.4. The Morgan fingerprint density at radius 1 is 1.21 bits per heavy atom. The molecule has 1 aliphatic rings. The molecule has 0 bridgehead atoms. The Morgan fingerprint density at radius 2 is 1.89 bits per heavy atom. The van der Waals surface area contributed by atoms with Crippen molar-refractivity contribution < 1.29 is 18.0 Å². The van der Waals surface area contributed by atoms with E-state index >= 15 is 0 Å². The first-order valence-corrected chi connectivity index (χ1v) is 9.52. The van der Waals surface area contributed by atoms with Crippen LogP contribution in [-0.4, -0.2) is 32.9 Å². The summed E-state index contributed by atoms with van der Waals surface area (Å²) in [5, 5.41) is 0. The van der Waals surface area contributed by atoms with Gasteiger partial charge in [-0.15, -0.1) is 0 Å². The van der Waals surface area contributed by atoms with Crippen molar-refractivity contribution in [2.75, 3.05) is 6.54 Å². The van der Waals surface area contributed by atoms with E-state index in [9.17, 15) is 22.8 Å². The molecule has 0 aliphatic carbocycles. The molecule has 1 fully saturated rings. The minimum absolute atomic E-state index is 0.0634. The van der Waals surface area contributed by atoms with Gasteiger partial charge in [0.2, 0.25) is 11.6 Å². The summed E-state index contributed by atoms with van der Waals surface area (Å²) in [4.78, 5) is 30.8. The van der Waals surface area contributed by atoms with Gasteiger partial charge in [0, 0.05) is 12.6 Å². The number of alkyl halides is 3. The van der Waals surface area contributed by atoms with Crippen LogP contribution in [0.4, 0.5) is 13.2 Å². The van der Waals surface area contributed by atoms with Gasteiger partial charge in [-0.1, -0.05) is 6.92 Å². The number of piperidine rings is 1. The van der Waals surface area contributed by atoms with Crippen LogP contribution in [0.2, 0.25) is 0 Å². The average Bonchev–Trinajstić information content (AvgIpc) is 2.64. The number of aromatic nitrogens is 2. The third-order valence-electron chi connectivity index (χ3n) is 5.54. The van der Waals surface area contributed by atoms with E-state index in [-0.39, 0.29) is 23.0 Å². The number of fused-ring (bicyclic) bond motifs is 1. The molecule has 1 saturated heterocycles. The highest BCUT2D eigenvalue weighted by molar-refractivity contribution is 5.81. The van der Waals surface area contributed by atoms with Crippen molar-refractivity contribution in [3.05, 3.63) is 39.3 Å². The summed E-state index contributed by atoms with van der Waals surface area (Å²) in [5.74, 6) is -0.326. The summed E-state index contributed by atoms with van der Waals surface area (Å²) in [6, 6.07) is 3.21. The van der Waals surface area contributed by atoms with E-state index in [1.165, 1.54) is 6.07 Å². The molecule has 1 amide bonds. The number of benzene rings is 1.